The molecule has 0 radical (unpaired) electrons. The SMILES string of the molecule is COc1ccc(CN(CCC#N)CC(C)C)cc1. The Morgan fingerprint density at radius 1 is 1.28 bits per heavy atom. The molecule has 1 aromatic carbocycles. The number of nitrogens with zero attached hydrogens (tertiary/aromatic N) is 2. The molecule has 0 aliphatic rings. The van der Waals surface area contributed by atoms with E-state index in [1.165, 1.54) is 5.56 Å². The number of rotatable bonds is 7. The number of methoxy groups -OCH3 is 1. The Morgan fingerprint density at radius 2 is 1.94 bits per heavy atom. The molecule has 0 bridgehead atoms. The van der Waals surface area contributed by atoms with Crippen LogP contribution in [0.4, 0.5) is 0 Å². The Morgan fingerprint density at radius 3 is 2.44 bits per heavy atom. The van der Waals surface area contributed by atoms with E-state index < -0.39 is 0 Å². The van der Waals surface area contributed by atoms with Crippen LogP contribution in [0.2, 0.25) is 0 Å². The van der Waals surface area contributed by atoms with Crippen molar-refractivity contribution in [1.82, 2.24) is 4.90 Å². The van der Waals surface area contributed by atoms with E-state index in [0.717, 1.165) is 25.4 Å². The zero-order chi connectivity index (χ0) is 13.4. The van der Waals surface area contributed by atoms with Gasteiger partial charge in [-0.3, -0.25) is 4.90 Å². The lowest BCUT2D eigenvalue weighted by Gasteiger charge is -2.23. The molecular weight excluding hydrogens is 224 g/mol. The molecule has 0 aromatic heterocycles. The minimum atomic E-state index is 0.586. The van der Waals surface area contributed by atoms with Gasteiger partial charge < -0.3 is 4.74 Å². The topological polar surface area (TPSA) is 36.3 Å². The zero-order valence-electron chi connectivity index (χ0n) is 11.5. The van der Waals surface area contributed by atoms with Gasteiger partial charge in [-0.1, -0.05) is 26.0 Å². The van der Waals surface area contributed by atoms with Crippen molar-refractivity contribution in [2.75, 3.05) is 20.2 Å². The van der Waals surface area contributed by atoms with Gasteiger partial charge in [0.05, 0.1) is 13.2 Å². The van der Waals surface area contributed by atoms with Crippen LogP contribution in [0.5, 0.6) is 5.75 Å². The maximum atomic E-state index is 8.69. The van der Waals surface area contributed by atoms with Gasteiger partial charge in [0.15, 0.2) is 0 Å². The fourth-order valence-electron chi connectivity index (χ4n) is 1.95. The Hall–Kier alpha value is -1.53. The lowest BCUT2D eigenvalue weighted by Crippen LogP contribution is -2.28. The van der Waals surface area contributed by atoms with E-state index in [-0.39, 0.29) is 0 Å². The molecule has 0 saturated heterocycles. The molecule has 0 unspecified atom stereocenters. The number of nitriles is 1. The summed E-state index contributed by atoms with van der Waals surface area (Å²) in [5, 5.41) is 8.69. The van der Waals surface area contributed by atoms with Gasteiger partial charge in [-0.15, -0.1) is 0 Å². The molecule has 0 aliphatic heterocycles. The first-order chi connectivity index (χ1) is 8.65. The summed E-state index contributed by atoms with van der Waals surface area (Å²) in [7, 11) is 1.67. The van der Waals surface area contributed by atoms with Gasteiger partial charge in [-0.2, -0.15) is 5.26 Å². The molecule has 0 amide bonds. The first-order valence-electron chi connectivity index (χ1n) is 6.38. The second-order valence-corrected chi connectivity index (χ2v) is 4.89. The van der Waals surface area contributed by atoms with Crippen LogP contribution in [0, 0.1) is 17.2 Å². The maximum absolute atomic E-state index is 8.69. The van der Waals surface area contributed by atoms with E-state index in [1.54, 1.807) is 7.11 Å². The average molecular weight is 246 g/mol. The summed E-state index contributed by atoms with van der Waals surface area (Å²) < 4.78 is 5.15. The molecule has 1 aromatic rings. The van der Waals surface area contributed by atoms with E-state index >= 15 is 0 Å². The summed E-state index contributed by atoms with van der Waals surface area (Å²) in [4.78, 5) is 2.33. The van der Waals surface area contributed by atoms with Crippen LogP contribution in [-0.4, -0.2) is 25.1 Å². The first kappa shape index (κ1) is 14.5. The van der Waals surface area contributed by atoms with E-state index in [2.05, 4.69) is 36.9 Å². The number of ether oxygens (including phenoxy) is 1. The summed E-state index contributed by atoms with van der Waals surface area (Å²) in [6.07, 6.45) is 0.586. The van der Waals surface area contributed by atoms with E-state index in [4.69, 9.17) is 10.00 Å². The van der Waals surface area contributed by atoms with Gasteiger partial charge in [-0.05, 0) is 23.6 Å². The van der Waals surface area contributed by atoms with Crippen molar-refractivity contribution < 1.29 is 4.74 Å². The summed E-state index contributed by atoms with van der Waals surface area (Å²) in [5.74, 6) is 1.49. The van der Waals surface area contributed by atoms with Crippen LogP contribution in [0.1, 0.15) is 25.8 Å². The summed E-state index contributed by atoms with van der Waals surface area (Å²) in [5.41, 5.74) is 1.26. The Kier molecular flexibility index (Phi) is 6.24. The molecule has 0 aliphatic carbocycles. The molecule has 3 heteroatoms. The first-order valence-corrected chi connectivity index (χ1v) is 6.38. The summed E-state index contributed by atoms with van der Waals surface area (Å²) in [6, 6.07) is 10.3. The Balaban J connectivity index is 2.60. The van der Waals surface area contributed by atoms with Crippen molar-refractivity contribution in [3.05, 3.63) is 29.8 Å². The van der Waals surface area contributed by atoms with Crippen LogP contribution in [0.15, 0.2) is 24.3 Å². The Labute approximate surface area is 110 Å². The van der Waals surface area contributed by atoms with E-state index in [9.17, 15) is 0 Å². The molecule has 0 N–H and O–H groups in total. The largest absolute Gasteiger partial charge is 0.497 e. The molecule has 1 rings (SSSR count). The molecular formula is C15H22N2O. The van der Waals surface area contributed by atoms with Crippen LogP contribution in [0.3, 0.4) is 0 Å². The van der Waals surface area contributed by atoms with Crippen molar-refractivity contribution in [3.63, 3.8) is 0 Å². The zero-order valence-corrected chi connectivity index (χ0v) is 11.5. The Bertz CT molecular complexity index is 378. The fraction of sp³-hybridized carbons (Fsp3) is 0.533. The highest BCUT2D eigenvalue weighted by molar-refractivity contribution is 5.27. The van der Waals surface area contributed by atoms with Crippen LogP contribution < -0.4 is 4.74 Å². The minimum absolute atomic E-state index is 0.586. The quantitative estimate of drug-likeness (QED) is 0.742. The van der Waals surface area contributed by atoms with Crippen molar-refractivity contribution in [2.24, 2.45) is 5.92 Å². The molecule has 98 valence electrons. The van der Waals surface area contributed by atoms with Gasteiger partial charge in [-0.25, -0.2) is 0 Å². The highest BCUT2D eigenvalue weighted by Crippen LogP contribution is 2.14. The average Bonchev–Trinajstić information content (AvgIpc) is 2.36. The van der Waals surface area contributed by atoms with Gasteiger partial charge in [0.1, 0.15) is 5.75 Å². The summed E-state index contributed by atoms with van der Waals surface area (Å²) in [6.45, 7) is 7.15. The normalized spacial score (nSPS) is 10.7. The second kappa shape index (κ2) is 7.73. The molecule has 3 nitrogen and oxygen atoms in total. The van der Waals surface area contributed by atoms with Crippen LogP contribution in [-0.2, 0) is 6.54 Å². The predicted molar refractivity (Wildman–Crippen MR) is 73.3 cm³/mol. The molecule has 18 heavy (non-hydrogen) atoms. The predicted octanol–water partition coefficient (Wildman–Crippen LogP) is 3.07. The second-order valence-electron chi connectivity index (χ2n) is 4.89. The fourth-order valence-corrected chi connectivity index (χ4v) is 1.95. The molecule has 0 saturated carbocycles. The number of hydrogen-bond acceptors (Lipinski definition) is 3. The van der Waals surface area contributed by atoms with Crippen molar-refractivity contribution in [2.45, 2.75) is 26.8 Å². The van der Waals surface area contributed by atoms with Gasteiger partial charge in [0.2, 0.25) is 0 Å². The summed E-state index contributed by atoms with van der Waals surface area (Å²) >= 11 is 0. The van der Waals surface area contributed by atoms with Gasteiger partial charge in [0.25, 0.3) is 0 Å². The number of benzene rings is 1. The molecule has 0 atom stereocenters. The monoisotopic (exact) mass is 246 g/mol. The highest BCUT2D eigenvalue weighted by atomic mass is 16.5. The maximum Gasteiger partial charge on any atom is 0.118 e. The number of hydrogen-bond donors (Lipinski definition) is 0. The third kappa shape index (κ3) is 5.20. The molecule has 0 spiro atoms. The highest BCUT2D eigenvalue weighted by Gasteiger charge is 2.08. The van der Waals surface area contributed by atoms with Crippen molar-refractivity contribution in [1.29, 1.82) is 5.26 Å². The molecule has 0 fully saturated rings. The van der Waals surface area contributed by atoms with Gasteiger partial charge >= 0.3 is 0 Å². The smallest absolute Gasteiger partial charge is 0.118 e. The van der Waals surface area contributed by atoms with Crippen molar-refractivity contribution >= 4 is 0 Å². The van der Waals surface area contributed by atoms with Crippen LogP contribution in [0.25, 0.3) is 0 Å². The third-order valence-corrected chi connectivity index (χ3v) is 2.73. The van der Waals surface area contributed by atoms with E-state index in [0.29, 0.717) is 12.3 Å². The standard InChI is InChI=1S/C15H22N2O/c1-13(2)11-17(10-4-9-16)12-14-5-7-15(18-3)8-6-14/h5-8,13H,4,10-12H2,1-3H3. The minimum Gasteiger partial charge on any atom is -0.497 e. The van der Waals surface area contributed by atoms with Crippen molar-refractivity contribution in [3.8, 4) is 11.8 Å². The third-order valence-electron chi connectivity index (χ3n) is 2.73. The van der Waals surface area contributed by atoms with Crippen LogP contribution >= 0.6 is 0 Å². The van der Waals surface area contributed by atoms with Gasteiger partial charge in [0, 0.05) is 26.1 Å². The van der Waals surface area contributed by atoms with E-state index in [1.807, 2.05) is 12.1 Å². The lowest BCUT2D eigenvalue weighted by atomic mass is 10.1. The molecule has 0 heterocycles. The lowest BCUT2D eigenvalue weighted by molar-refractivity contribution is 0.241.